The van der Waals surface area contributed by atoms with Crippen LogP contribution < -0.4 is 4.90 Å². The Morgan fingerprint density at radius 1 is 1.21 bits per heavy atom. The van der Waals surface area contributed by atoms with Gasteiger partial charge in [-0.3, -0.25) is 9.69 Å². The van der Waals surface area contributed by atoms with Crippen molar-refractivity contribution in [2.45, 2.75) is 43.0 Å². The maximum Gasteiger partial charge on any atom is 0.253 e. The second-order valence-corrected chi connectivity index (χ2v) is 12.9. The molecule has 11 heteroatoms. The molecule has 5 rings (SSSR count). The molecular weight excluding hydrogens is 514 g/mol. The van der Waals surface area contributed by atoms with Crippen molar-refractivity contribution in [3.63, 3.8) is 0 Å². The highest BCUT2D eigenvalue weighted by Crippen LogP contribution is 2.35. The van der Waals surface area contributed by atoms with Gasteiger partial charge in [-0.2, -0.15) is 4.31 Å². The number of carbonyl (C=O) groups excluding carboxylic acids is 1. The molecule has 0 radical (unpaired) electrons. The molecule has 1 aliphatic heterocycles. The number of para-hydroxylation sites is 1. The lowest BCUT2D eigenvalue weighted by molar-refractivity contribution is -0.123. The molecule has 1 unspecified atom stereocenters. The van der Waals surface area contributed by atoms with Gasteiger partial charge in [-0.25, -0.2) is 13.4 Å². The lowest BCUT2D eigenvalue weighted by Gasteiger charge is -2.35. The molecule has 1 aliphatic rings. The fraction of sp³-hybridized carbons (Fsp3) is 0.304. The summed E-state index contributed by atoms with van der Waals surface area (Å²) < 4.78 is 35.3. The molecule has 1 aromatic carbocycles. The average Bonchev–Trinajstić information content (AvgIpc) is 3.58. The van der Waals surface area contributed by atoms with Gasteiger partial charge in [-0.1, -0.05) is 41.5 Å². The lowest BCUT2D eigenvalue weighted by atomic mass is 10.0. The Kier molecular flexibility index (Phi) is 6.51. The fourth-order valence-electron chi connectivity index (χ4n) is 4.16. The number of thiophene rings is 1. The summed E-state index contributed by atoms with van der Waals surface area (Å²) in [7, 11) is -3.86. The first-order valence-electron chi connectivity index (χ1n) is 10.8. The first-order valence-corrected chi connectivity index (χ1v) is 14.3. The van der Waals surface area contributed by atoms with Gasteiger partial charge in [-0.15, -0.1) is 11.3 Å². The maximum absolute atomic E-state index is 14.0. The summed E-state index contributed by atoms with van der Waals surface area (Å²) in [6.45, 7) is 2.42. The monoisotopic (exact) mass is 535 g/mol. The number of furan rings is 1. The Balaban J connectivity index is 1.54. The second kappa shape index (κ2) is 9.43. The molecular formula is C23H22ClN3O4S3. The van der Waals surface area contributed by atoms with Crippen molar-refractivity contribution in [1.82, 2.24) is 9.29 Å². The van der Waals surface area contributed by atoms with Crippen LogP contribution in [0, 0.1) is 6.92 Å². The standard InChI is InChI=1S/C23H22ClN3O4S3/c1-15-6-4-9-18-21(15)25-23(32-18)26(14-16-7-5-13-31-16)22(28)17-8-2-3-12-27(17)34(29,30)20-11-10-19(24)33-20/h4-7,9-11,13,17H,2-3,8,12,14H2,1H3. The summed E-state index contributed by atoms with van der Waals surface area (Å²) in [5, 5.41) is 0.521. The molecule has 1 atom stereocenters. The molecule has 0 N–H and O–H groups in total. The summed E-state index contributed by atoms with van der Waals surface area (Å²) in [5.74, 6) is 0.290. The molecule has 4 aromatic rings. The zero-order chi connectivity index (χ0) is 23.9. The molecule has 0 saturated carbocycles. The summed E-state index contributed by atoms with van der Waals surface area (Å²) in [5.41, 5.74) is 1.85. The number of anilines is 1. The van der Waals surface area contributed by atoms with E-state index in [1.807, 2.05) is 25.1 Å². The predicted octanol–water partition coefficient (Wildman–Crippen LogP) is 5.69. The van der Waals surface area contributed by atoms with Crippen LogP contribution in [0.4, 0.5) is 5.13 Å². The van der Waals surface area contributed by atoms with Crippen molar-refractivity contribution < 1.29 is 17.6 Å². The summed E-state index contributed by atoms with van der Waals surface area (Å²) >= 11 is 8.42. The zero-order valence-electron chi connectivity index (χ0n) is 18.3. The molecule has 4 heterocycles. The van der Waals surface area contributed by atoms with Crippen LogP contribution in [-0.4, -0.2) is 36.2 Å². The molecule has 0 spiro atoms. The highest BCUT2D eigenvalue weighted by molar-refractivity contribution is 7.91. The second-order valence-electron chi connectivity index (χ2n) is 8.11. The van der Waals surface area contributed by atoms with Crippen molar-refractivity contribution in [1.29, 1.82) is 0 Å². The van der Waals surface area contributed by atoms with Gasteiger partial charge in [0.1, 0.15) is 16.0 Å². The quantitative estimate of drug-likeness (QED) is 0.317. The minimum Gasteiger partial charge on any atom is -0.467 e. The number of thiazole rings is 1. The number of aryl methyl sites for hydroxylation is 1. The third-order valence-corrected chi connectivity index (χ3v) is 10.5. The number of hydrogen-bond acceptors (Lipinski definition) is 7. The molecule has 1 saturated heterocycles. The molecule has 3 aromatic heterocycles. The van der Waals surface area contributed by atoms with Crippen molar-refractivity contribution in [3.05, 3.63) is 64.4 Å². The van der Waals surface area contributed by atoms with Crippen LogP contribution in [0.1, 0.15) is 30.6 Å². The Labute approximate surface area is 210 Å². The van der Waals surface area contributed by atoms with E-state index in [1.165, 1.54) is 21.7 Å². The van der Waals surface area contributed by atoms with Crippen molar-refractivity contribution in [3.8, 4) is 0 Å². The third-order valence-electron chi connectivity index (χ3n) is 5.85. The van der Waals surface area contributed by atoms with Crippen molar-refractivity contribution in [2.75, 3.05) is 11.4 Å². The van der Waals surface area contributed by atoms with E-state index in [4.69, 9.17) is 21.0 Å². The van der Waals surface area contributed by atoms with E-state index in [1.54, 1.807) is 29.4 Å². The van der Waals surface area contributed by atoms with Gasteiger partial charge in [0, 0.05) is 6.54 Å². The predicted molar refractivity (Wildman–Crippen MR) is 135 cm³/mol. The summed E-state index contributed by atoms with van der Waals surface area (Å²) in [4.78, 5) is 20.3. The molecule has 0 bridgehead atoms. The maximum atomic E-state index is 14.0. The van der Waals surface area contributed by atoms with E-state index in [0.29, 0.717) is 28.1 Å². The van der Waals surface area contributed by atoms with E-state index in [2.05, 4.69) is 0 Å². The zero-order valence-corrected chi connectivity index (χ0v) is 21.5. The topological polar surface area (TPSA) is 83.7 Å². The number of fused-ring (bicyclic) bond motifs is 1. The molecule has 1 amide bonds. The first kappa shape index (κ1) is 23.5. The number of nitrogens with zero attached hydrogens (tertiary/aromatic N) is 3. The van der Waals surface area contributed by atoms with E-state index in [9.17, 15) is 13.2 Å². The number of piperidine rings is 1. The van der Waals surface area contributed by atoms with E-state index in [0.717, 1.165) is 33.5 Å². The number of aromatic nitrogens is 1. The van der Waals surface area contributed by atoms with E-state index >= 15 is 0 Å². The summed E-state index contributed by atoms with van der Waals surface area (Å²) in [6.07, 6.45) is 3.45. The van der Waals surface area contributed by atoms with Gasteiger partial charge >= 0.3 is 0 Å². The third kappa shape index (κ3) is 4.40. The normalized spacial score (nSPS) is 17.3. The molecule has 1 fully saturated rings. The number of carbonyl (C=O) groups is 1. The van der Waals surface area contributed by atoms with Crippen LogP contribution in [-0.2, 0) is 21.4 Å². The van der Waals surface area contributed by atoms with Gasteiger partial charge in [0.05, 0.1) is 27.4 Å². The van der Waals surface area contributed by atoms with Gasteiger partial charge in [-0.05, 0) is 55.7 Å². The molecule has 7 nitrogen and oxygen atoms in total. The Bertz CT molecular complexity index is 1430. The van der Waals surface area contributed by atoms with Crippen LogP contribution >= 0.6 is 34.3 Å². The van der Waals surface area contributed by atoms with Crippen LogP contribution in [0.5, 0.6) is 0 Å². The van der Waals surface area contributed by atoms with Gasteiger partial charge in [0.25, 0.3) is 10.0 Å². The lowest BCUT2D eigenvalue weighted by Crippen LogP contribution is -2.52. The van der Waals surface area contributed by atoms with Crippen LogP contribution in [0.25, 0.3) is 10.2 Å². The average molecular weight is 536 g/mol. The highest BCUT2D eigenvalue weighted by Gasteiger charge is 2.41. The fourth-order valence-corrected chi connectivity index (χ4v) is 8.47. The molecule has 34 heavy (non-hydrogen) atoms. The number of halogens is 1. The van der Waals surface area contributed by atoms with Crippen molar-refractivity contribution >= 4 is 65.6 Å². The Hall–Kier alpha value is -2.24. The first-order chi connectivity index (χ1) is 16.3. The van der Waals surface area contributed by atoms with E-state index < -0.39 is 16.1 Å². The number of benzene rings is 1. The number of amides is 1. The number of rotatable bonds is 6. The van der Waals surface area contributed by atoms with Gasteiger partial charge < -0.3 is 4.42 Å². The van der Waals surface area contributed by atoms with Crippen LogP contribution in [0.15, 0.2) is 57.4 Å². The Morgan fingerprint density at radius 2 is 2.06 bits per heavy atom. The Morgan fingerprint density at radius 3 is 2.76 bits per heavy atom. The van der Waals surface area contributed by atoms with Crippen molar-refractivity contribution in [2.24, 2.45) is 0 Å². The van der Waals surface area contributed by atoms with Crippen LogP contribution in [0.3, 0.4) is 0 Å². The highest BCUT2D eigenvalue weighted by atomic mass is 35.5. The largest absolute Gasteiger partial charge is 0.467 e. The van der Waals surface area contributed by atoms with Gasteiger partial charge in [0.2, 0.25) is 5.91 Å². The minimum atomic E-state index is -3.86. The number of hydrogen-bond donors (Lipinski definition) is 0. The molecule has 178 valence electrons. The minimum absolute atomic E-state index is 0.144. The summed E-state index contributed by atoms with van der Waals surface area (Å²) in [6, 6.07) is 11.7. The van der Waals surface area contributed by atoms with Crippen LogP contribution in [0.2, 0.25) is 4.34 Å². The number of sulfonamides is 1. The SMILES string of the molecule is Cc1cccc2sc(N(Cc3ccco3)C(=O)C3CCCCN3S(=O)(=O)c3ccc(Cl)s3)nc12. The van der Waals surface area contributed by atoms with E-state index in [-0.39, 0.29) is 23.2 Å². The smallest absolute Gasteiger partial charge is 0.253 e. The molecule has 0 aliphatic carbocycles. The van der Waals surface area contributed by atoms with Gasteiger partial charge in [0.15, 0.2) is 5.13 Å².